The van der Waals surface area contributed by atoms with Crippen LogP contribution in [0.5, 0.6) is 0 Å². The lowest BCUT2D eigenvalue weighted by Crippen LogP contribution is -2.34. The van der Waals surface area contributed by atoms with E-state index in [4.69, 9.17) is 9.84 Å². The van der Waals surface area contributed by atoms with Crippen LogP contribution in [0.2, 0.25) is 0 Å². The molecular weight excluding hydrogens is 258 g/mol. The highest BCUT2D eigenvalue weighted by Gasteiger charge is 2.20. The van der Waals surface area contributed by atoms with E-state index in [1.54, 1.807) is 39.0 Å². The summed E-state index contributed by atoms with van der Waals surface area (Å²) >= 11 is 0. The van der Waals surface area contributed by atoms with Crippen molar-refractivity contribution in [3.05, 3.63) is 35.4 Å². The van der Waals surface area contributed by atoms with Crippen LogP contribution in [0.1, 0.15) is 56.1 Å². The molecule has 0 saturated heterocycles. The van der Waals surface area contributed by atoms with Crippen LogP contribution in [-0.2, 0) is 4.74 Å². The number of ether oxygens (including phenoxy) is 1. The molecule has 0 aliphatic heterocycles. The van der Waals surface area contributed by atoms with Gasteiger partial charge in [-0.3, -0.25) is 0 Å². The quantitative estimate of drug-likeness (QED) is 0.886. The third-order valence-electron chi connectivity index (χ3n) is 2.64. The molecule has 1 unspecified atom stereocenters. The molecule has 1 aromatic carbocycles. The van der Waals surface area contributed by atoms with Gasteiger partial charge in [-0.1, -0.05) is 19.1 Å². The summed E-state index contributed by atoms with van der Waals surface area (Å²) in [5, 5.41) is 11.7. The molecule has 110 valence electrons. The fourth-order valence-corrected chi connectivity index (χ4v) is 1.76. The normalized spacial score (nSPS) is 12.6. The van der Waals surface area contributed by atoms with Gasteiger partial charge in [0.2, 0.25) is 0 Å². The van der Waals surface area contributed by atoms with Crippen LogP contribution < -0.4 is 5.32 Å². The Balaban J connectivity index is 2.83. The Labute approximate surface area is 118 Å². The minimum absolute atomic E-state index is 0.201. The number of aromatic carboxylic acids is 1. The van der Waals surface area contributed by atoms with Crippen LogP contribution in [0.3, 0.4) is 0 Å². The number of carboxylic acids is 1. The molecule has 0 aromatic heterocycles. The minimum atomic E-state index is -0.987. The maximum Gasteiger partial charge on any atom is 0.408 e. The van der Waals surface area contributed by atoms with Crippen molar-refractivity contribution >= 4 is 12.1 Å². The molecule has 1 rings (SSSR count). The average molecular weight is 279 g/mol. The molecule has 20 heavy (non-hydrogen) atoms. The summed E-state index contributed by atoms with van der Waals surface area (Å²) in [7, 11) is 0. The van der Waals surface area contributed by atoms with Crippen molar-refractivity contribution in [2.75, 3.05) is 0 Å². The van der Waals surface area contributed by atoms with Crippen LogP contribution in [0.4, 0.5) is 4.79 Å². The molecular formula is C15H21NO4. The van der Waals surface area contributed by atoms with E-state index in [2.05, 4.69) is 5.32 Å². The highest BCUT2D eigenvalue weighted by atomic mass is 16.6. The molecule has 5 nitrogen and oxygen atoms in total. The minimum Gasteiger partial charge on any atom is -0.478 e. The number of hydrogen-bond acceptors (Lipinski definition) is 3. The zero-order chi connectivity index (χ0) is 15.3. The number of hydrogen-bond donors (Lipinski definition) is 2. The van der Waals surface area contributed by atoms with Crippen molar-refractivity contribution in [3.8, 4) is 0 Å². The average Bonchev–Trinajstić information content (AvgIpc) is 2.34. The lowest BCUT2D eigenvalue weighted by Gasteiger charge is -2.23. The van der Waals surface area contributed by atoms with E-state index in [1.807, 2.05) is 6.92 Å². The first-order valence-electron chi connectivity index (χ1n) is 6.55. The topological polar surface area (TPSA) is 75.6 Å². The molecule has 1 amide bonds. The Kier molecular flexibility index (Phi) is 5.13. The van der Waals surface area contributed by atoms with Gasteiger partial charge in [-0.05, 0) is 44.9 Å². The van der Waals surface area contributed by atoms with Gasteiger partial charge in [0.15, 0.2) is 0 Å². The van der Waals surface area contributed by atoms with Gasteiger partial charge in [-0.15, -0.1) is 0 Å². The van der Waals surface area contributed by atoms with Crippen molar-refractivity contribution in [2.24, 2.45) is 0 Å². The van der Waals surface area contributed by atoms with Crippen molar-refractivity contribution in [1.82, 2.24) is 5.32 Å². The number of carbonyl (C=O) groups is 2. The van der Waals surface area contributed by atoms with Crippen molar-refractivity contribution in [2.45, 2.75) is 45.8 Å². The smallest absolute Gasteiger partial charge is 0.408 e. The summed E-state index contributed by atoms with van der Waals surface area (Å²) in [6, 6.07) is 6.26. The Morgan fingerprint density at radius 3 is 2.50 bits per heavy atom. The molecule has 1 atom stereocenters. The van der Waals surface area contributed by atoms with Gasteiger partial charge in [-0.25, -0.2) is 9.59 Å². The monoisotopic (exact) mass is 279 g/mol. The Bertz CT molecular complexity index is 491. The summed E-state index contributed by atoms with van der Waals surface area (Å²) in [4.78, 5) is 22.7. The zero-order valence-corrected chi connectivity index (χ0v) is 12.3. The van der Waals surface area contributed by atoms with Gasteiger partial charge in [-0.2, -0.15) is 0 Å². The molecule has 0 bridgehead atoms. The second-order valence-corrected chi connectivity index (χ2v) is 5.54. The highest BCUT2D eigenvalue weighted by Crippen LogP contribution is 2.19. The Hall–Kier alpha value is -2.04. The lowest BCUT2D eigenvalue weighted by molar-refractivity contribution is 0.0502. The molecule has 0 fully saturated rings. The van der Waals surface area contributed by atoms with Crippen molar-refractivity contribution in [1.29, 1.82) is 0 Å². The fourth-order valence-electron chi connectivity index (χ4n) is 1.76. The predicted molar refractivity (Wildman–Crippen MR) is 75.8 cm³/mol. The van der Waals surface area contributed by atoms with E-state index < -0.39 is 17.7 Å². The van der Waals surface area contributed by atoms with Crippen LogP contribution in [0.25, 0.3) is 0 Å². The fraction of sp³-hybridized carbons (Fsp3) is 0.467. The van der Waals surface area contributed by atoms with Gasteiger partial charge in [0.25, 0.3) is 0 Å². The van der Waals surface area contributed by atoms with E-state index in [1.165, 1.54) is 6.07 Å². The van der Waals surface area contributed by atoms with Gasteiger partial charge >= 0.3 is 12.1 Å². The van der Waals surface area contributed by atoms with Gasteiger partial charge in [0, 0.05) is 0 Å². The molecule has 0 aliphatic carbocycles. The van der Waals surface area contributed by atoms with E-state index in [-0.39, 0.29) is 11.6 Å². The third kappa shape index (κ3) is 4.91. The number of amides is 1. The van der Waals surface area contributed by atoms with Crippen LogP contribution in [0, 0.1) is 0 Å². The number of rotatable bonds is 4. The zero-order valence-electron chi connectivity index (χ0n) is 12.3. The second kappa shape index (κ2) is 6.41. The first-order valence-corrected chi connectivity index (χ1v) is 6.55. The molecule has 2 N–H and O–H groups in total. The largest absolute Gasteiger partial charge is 0.478 e. The van der Waals surface area contributed by atoms with Crippen LogP contribution in [-0.4, -0.2) is 22.8 Å². The van der Waals surface area contributed by atoms with E-state index in [0.29, 0.717) is 6.42 Å². The molecule has 0 aliphatic rings. The Morgan fingerprint density at radius 1 is 1.35 bits per heavy atom. The van der Waals surface area contributed by atoms with Crippen molar-refractivity contribution in [3.63, 3.8) is 0 Å². The Morgan fingerprint density at radius 2 is 2.00 bits per heavy atom. The maximum absolute atomic E-state index is 11.8. The number of carboxylic acid groups (broad SMARTS) is 1. The number of alkyl carbamates (subject to hydrolysis) is 1. The maximum atomic E-state index is 11.8. The first-order chi connectivity index (χ1) is 9.23. The predicted octanol–water partition coefficient (Wildman–Crippen LogP) is 3.36. The summed E-state index contributed by atoms with van der Waals surface area (Å²) in [5.74, 6) is -0.987. The SMILES string of the molecule is CCC(NC(=O)OC(C)(C)C)c1cccc(C(=O)O)c1. The summed E-state index contributed by atoms with van der Waals surface area (Å²) < 4.78 is 5.20. The molecule has 5 heteroatoms. The highest BCUT2D eigenvalue weighted by molar-refractivity contribution is 5.87. The van der Waals surface area contributed by atoms with Crippen molar-refractivity contribution < 1.29 is 19.4 Å². The third-order valence-corrected chi connectivity index (χ3v) is 2.64. The molecule has 0 spiro atoms. The molecule has 0 radical (unpaired) electrons. The first kappa shape index (κ1) is 16.0. The van der Waals surface area contributed by atoms with Crippen LogP contribution >= 0.6 is 0 Å². The number of carbonyl (C=O) groups excluding carboxylic acids is 1. The second-order valence-electron chi connectivity index (χ2n) is 5.54. The summed E-state index contributed by atoms with van der Waals surface area (Å²) in [6.45, 7) is 7.28. The van der Waals surface area contributed by atoms with E-state index in [9.17, 15) is 9.59 Å². The number of nitrogens with one attached hydrogen (secondary N) is 1. The van der Waals surface area contributed by atoms with Gasteiger partial charge in [0.1, 0.15) is 5.60 Å². The summed E-state index contributed by atoms with van der Waals surface area (Å²) in [5.41, 5.74) is 0.385. The van der Waals surface area contributed by atoms with E-state index in [0.717, 1.165) is 5.56 Å². The van der Waals surface area contributed by atoms with Crippen LogP contribution in [0.15, 0.2) is 24.3 Å². The lowest BCUT2D eigenvalue weighted by atomic mass is 10.0. The standard InChI is InChI=1S/C15H21NO4/c1-5-12(16-14(19)20-15(2,3)4)10-7-6-8-11(9-10)13(17)18/h6-9,12H,5H2,1-4H3,(H,16,19)(H,17,18). The van der Waals surface area contributed by atoms with Gasteiger partial charge in [0.05, 0.1) is 11.6 Å². The number of benzene rings is 1. The van der Waals surface area contributed by atoms with Gasteiger partial charge < -0.3 is 15.2 Å². The molecule has 0 heterocycles. The summed E-state index contributed by atoms with van der Waals surface area (Å²) in [6.07, 6.45) is 0.132. The van der Waals surface area contributed by atoms with E-state index >= 15 is 0 Å². The molecule has 1 aromatic rings. The molecule has 0 saturated carbocycles.